The van der Waals surface area contributed by atoms with Crippen molar-refractivity contribution in [3.8, 4) is 0 Å². The van der Waals surface area contributed by atoms with Gasteiger partial charge in [-0.2, -0.15) is 0 Å². The first-order valence-corrected chi connectivity index (χ1v) is 5.29. The maximum absolute atomic E-state index is 11.4. The van der Waals surface area contributed by atoms with Crippen LogP contribution >= 0.6 is 0 Å². The number of esters is 1. The lowest BCUT2D eigenvalue weighted by Crippen LogP contribution is -2.30. The fourth-order valence-electron chi connectivity index (χ4n) is 1.76. The number of aliphatic hydroxyl groups is 1. The fourth-order valence-corrected chi connectivity index (χ4v) is 1.76. The van der Waals surface area contributed by atoms with Crippen LogP contribution < -0.4 is 0 Å². The van der Waals surface area contributed by atoms with Gasteiger partial charge in [-0.15, -0.1) is 0 Å². The van der Waals surface area contributed by atoms with Gasteiger partial charge in [-0.25, -0.2) is 4.79 Å². The average Bonchev–Trinajstić information content (AvgIpc) is 2.50. The number of carboxylic acid groups (broad SMARTS) is 1. The van der Waals surface area contributed by atoms with Gasteiger partial charge in [0.25, 0.3) is 0 Å². The van der Waals surface area contributed by atoms with Crippen molar-refractivity contribution in [2.45, 2.75) is 38.4 Å². The highest BCUT2D eigenvalue weighted by Gasteiger charge is 2.46. The van der Waals surface area contributed by atoms with E-state index in [1.165, 1.54) is 0 Å². The molecule has 1 aliphatic heterocycles. The maximum Gasteiger partial charge on any atom is 0.331 e. The molecule has 0 aromatic rings. The van der Waals surface area contributed by atoms with Gasteiger partial charge in [-0.3, -0.25) is 4.79 Å². The topological polar surface area (TPSA) is 83.8 Å². The van der Waals surface area contributed by atoms with E-state index < -0.39 is 30.1 Å². The van der Waals surface area contributed by atoms with Crippen LogP contribution in [0.5, 0.6) is 0 Å². The van der Waals surface area contributed by atoms with Crippen molar-refractivity contribution in [2.24, 2.45) is 5.92 Å². The molecule has 16 heavy (non-hydrogen) atoms. The first-order valence-electron chi connectivity index (χ1n) is 5.29. The summed E-state index contributed by atoms with van der Waals surface area (Å²) in [5.74, 6) is -3.10. The van der Waals surface area contributed by atoms with Gasteiger partial charge >= 0.3 is 11.9 Å². The lowest BCUT2D eigenvalue weighted by molar-refractivity contribution is -0.145. The molecular weight excluding hydrogens is 212 g/mol. The molecule has 0 aromatic heterocycles. The first-order chi connectivity index (χ1) is 7.49. The smallest absolute Gasteiger partial charge is 0.331 e. The molecule has 0 spiro atoms. The van der Waals surface area contributed by atoms with Crippen molar-refractivity contribution in [1.29, 1.82) is 0 Å². The Bertz CT molecular complexity index is 309. The summed E-state index contributed by atoms with van der Waals surface area (Å²) in [6.45, 7) is 5.27. The molecule has 5 heteroatoms. The van der Waals surface area contributed by atoms with Gasteiger partial charge in [0.1, 0.15) is 18.1 Å². The Labute approximate surface area is 93.7 Å². The van der Waals surface area contributed by atoms with Gasteiger partial charge in [0.2, 0.25) is 0 Å². The second kappa shape index (κ2) is 5.12. The lowest BCUT2D eigenvalue weighted by Gasteiger charge is -2.14. The average molecular weight is 228 g/mol. The molecule has 3 atom stereocenters. The van der Waals surface area contributed by atoms with E-state index in [0.29, 0.717) is 6.42 Å². The molecule has 0 aliphatic carbocycles. The van der Waals surface area contributed by atoms with Crippen LogP contribution in [0.2, 0.25) is 0 Å². The number of aliphatic carboxylic acids is 1. The minimum Gasteiger partial charge on any atom is -0.478 e. The van der Waals surface area contributed by atoms with Crippen LogP contribution in [-0.2, 0) is 14.3 Å². The molecule has 3 unspecified atom stereocenters. The standard InChI is InChI=1S/C11H16O5/c1-3-4-5-7-9(12)8(11(15)16-7)6(2)10(13)14/h7-9,12H,2-5H2,1H3,(H,13,14). The zero-order valence-electron chi connectivity index (χ0n) is 9.18. The van der Waals surface area contributed by atoms with E-state index in [-0.39, 0.29) is 5.57 Å². The van der Waals surface area contributed by atoms with E-state index in [1.807, 2.05) is 6.92 Å². The van der Waals surface area contributed by atoms with E-state index in [0.717, 1.165) is 12.8 Å². The third kappa shape index (κ3) is 2.41. The number of ether oxygens (including phenoxy) is 1. The summed E-state index contributed by atoms with van der Waals surface area (Å²) in [7, 11) is 0. The Kier molecular flexibility index (Phi) is 4.06. The third-order valence-electron chi connectivity index (χ3n) is 2.74. The number of carbonyl (C=O) groups is 2. The molecule has 1 rings (SSSR count). The molecule has 0 amide bonds. The van der Waals surface area contributed by atoms with Gasteiger partial charge < -0.3 is 14.9 Å². The Hall–Kier alpha value is -1.36. The molecule has 1 saturated heterocycles. The van der Waals surface area contributed by atoms with Crippen molar-refractivity contribution in [1.82, 2.24) is 0 Å². The number of rotatable bonds is 5. The summed E-state index contributed by atoms with van der Waals surface area (Å²) in [5.41, 5.74) is -0.309. The molecule has 1 fully saturated rings. The lowest BCUT2D eigenvalue weighted by atomic mass is 9.92. The van der Waals surface area contributed by atoms with Crippen LogP contribution in [0.1, 0.15) is 26.2 Å². The quantitative estimate of drug-likeness (QED) is 0.535. The second-order valence-electron chi connectivity index (χ2n) is 3.92. The number of hydrogen-bond donors (Lipinski definition) is 2. The number of aliphatic hydroxyl groups excluding tert-OH is 1. The second-order valence-corrected chi connectivity index (χ2v) is 3.92. The first kappa shape index (κ1) is 12.7. The summed E-state index contributed by atoms with van der Waals surface area (Å²) in [6.07, 6.45) is 0.593. The predicted octanol–water partition coefficient (Wildman–Crippen LogP) is 0.720. The van der Waals surface area contributed by atoms with E-state index in [4.69, 9.17) is 9.84 Å². The highest BCUT2D eigenvalue weighted by atomic mass is 16.6. The Morgan fingerprint density at radius 2 is 2.19 bits per heavy atom. The molecule has 2 N–H and O–H groups in total. The number of unbranched alkanes of at least 4 members (excludes halogenated alkanes) is 1. The Balaban J connectivity index is 2.71. The van der Waals surface area contributed by atoms with E-state index in [2.05, 4.69) is 6.58 Å². The van der Waals surface area contributed by atoms with Gasteiger partial charge in [0.15, 0.2) is 0 Å². The predicted molar refractivity (Wildman–Crippen MR) is 55.7 cm³/mol. The number of hydrogen-bond acceptors (Lipinski definition) is 4. The minimum absolute atomic E-state index is 0.309. The fraction of sp³-hybridized carbons (Fsp3) is 0.636. The molecule has 1 heterocycles. The number of carboxylic acids is 1. The monoisotopic (exact) mass is 228 g/mol. The van der Waals surface area contributed by atoms with E-state index in [1.54, 1.807) is 0 Å². The van der Waals surface area contributed by atoms with Crippen LogP contribution in [-0.4, -0.2) is 34.4 Å². The summed E-state index contributed by atoms with van der Waals surface area (Å²) in [4.78, 5) is 22.1. The summed E-state index contributed by atoms with van der Waals surface area (Å²) in [6, 6.07) is 0. The third-order valence-corrected chi connectivity index (χ3v) is 2.74. The van der Waals surface area contributed by atoms with Crippen molar-refractivity contribution in [3.63, 3.8) is 0 Å². The molecule has 0 bridgehead atoms. The highest BCUT2D eigenvalue weighted by Crippen LogP contribution is 2.30. The number of carbonyl (C=O) groups excluding carboxylic acids is 1. The Morgan fingerprint density at radius 3 is 2.69 bits per heavy atom. The molecule has 5 nitrogen and oxygen atoms in total. The Morgan fingerprint density at radius 1 is 1.56 bits per heavy atom. The maximum atomic E-state index is 11.4. The minimum atomic E-state index is -1.28. The van der Waals surface area contributed by atoms with Crippen LogP contribution in [0.4, 0.5) is 0 Å². The van der Waals surface area contributed by atoms with Crippen LogP contribution in [0, 0.1) is 5.92 Å². The van der Waals surface area contributed by atoms with Gasteiger partial charge in [-0.05, 0) is 12.8 Å². The van der Waals surface area contributed by atoms with Crippen LogP contribution in [0.3, 0.4) is 0 Å². The molecule has 0 saturated carbocycles. The van der Waals surface area contributed by atoms with Gasteiger partial charge in [-0.1, -0.05) is 19.9 Å². The molecule has 0 radical (unpaired) electrons. The zero-order valence-corrected chi connectivity index (χ0v) is 9.18. The van der Waals surface area contributed by atoms with Crippen molar-refractivity contribution >= 4 is 11.9 Å². The SMILES string of the molecule is C=C(C(=O)O)C1C(=O)OC(CCCC)C1O. The van der Waals surface area contributed by atoms with Crippen molar-refractivity contribution < 1.29 is 24.5 Å². The van der Waals surface area contributed by atoms with Gasteiger partial charge in [0.05, 0.1) is 0 Å². The van der Waals surface area contributed by atoms with Crippen molar-refractivity contribution in [3.05, 3.63) is 12.2 Å². The summed E-state index contributed by atoms with van der Waals surface area (Å²) in [5, 5.41) is 18.5. The normalized spacial score (nSPS) is 28.9. The van der Waals surface area contributed by atoms with E-state index >= 15 is 0 Å². The summed E-state index contributed by atoms with van der Waals surface area (Å²) < 4.78 is 4.95. The van der Waals surface area contributed by atoms with E-state index in [9.17, 15) is 14.7 Å². The van der Waals surface area contributed by atoms with Gasteiger partial charge in [0, 0.05) is 5.57 Å². The molecule has 1 aliphatic rings. The number of cyclic esters (lactones) is 1. The van der Waals surface area contributed by atoms with Crippen LogP contribution in [0.15, 0.2) is 12.2 Å². The largest absolute Gasteiger partial charge is 0.478 e. The summed E-state index contributed by atoms with van der Waals surface area (Å²) >= 11 is 0. The van der Waals surface area contributed by atoms with Crippen LogP contribution in [0.25, 0.3) is 0 Å². The van der Waals surface area contributed by atoms with Crippen molar-refractivity contribution in [2.75, 3.05) is 0 Å². The zero-order chi connectivity index (χ0) is 12.3. The highest BCUT2D eigenvalue weighted by molar-refractivity contribution is 5.95. The molecule has 0 aromatic carbocycles. The molecule has 90 valence electrons. The molecular formula is C11H16O5.